The SMILES string of the molecule is COc1ccc(CC(=O)c2cc(F)cc(Br)c2)cc1Br. The Labute approximate surface area is 133 Å². The van der Waals surface area contributed by atoms with E-state index in [9.17, 15) is 9.18 Å². The van der Waals surface area contributed by atoms with E-state index in [0.717, 1.165) is 10.0 Å². The number of benzene rings is 2. The van der Waals surface area contributed by atoms with Crippen molar-refractivity contribution in [1.29, 1.82) is 0 Å². The fraction of sp³-hybridized carbons (Fsp3) is 0.133. The summed E-state index contributed by atoms with van der Waals surface area (Å²) in [6.45, 7) is 0. The van der Waals surface area contributed by atoms with Gasteiger partial charge in [-0.2, -0.15) is 0 Å². The van der Waals surface area contributed by atoms with Crippen LogP contribution in [0.2, 0.25) is 0 Å². The second-order valence-electron chi connectivity index (χ2n) is 4.23. The molecule has 2 rings (SSSR count). The zero-order chi connectivity index (χ0) is 14.7. The molecule has 0 aromatic heterocycles. The molecule has 0 aliphatic rings. The van der Waals surface area contributed by atoms with Crippen molar-refractivity contribution in [2.24, 2.45) is 0 Å². The Morgan fingerprint density at radius 2 is 1.95 bits per heavy atom. The van der Waals surface area contributed by atoms with Gasteiger partial charge in [-0.15, -0.1) is 0 Å². The quantitative estimate of drug-likeness (QED) is 0.688. The zero-order valence-corrected chi connectivity index (χ0v) is 13.8. The Bertz CT molecular complexity index is 636. The molecule has 0 aliphatic heterocycles. The van der Waals surface area contributed by atoms with Crippen molar-refractivity contribution in [3.8, 4) is 5.75 Å². The molecule has 104 valence electrons. The van der Waals surface area contributed by atoms with Gasteiger partial charge in [0, 0.05) is 16.5 Å². The van der Waals surface area contributed by atoms with Gasteiger partial charge in [0.15, 0.2) is 5.78 Å². The van der Waals surface area contributed by atoms with Crippen LogP contribution < -0.4 is 4.74 Å². The van der Waals surface area contributed by atoms with Crippen LogP contribution in [0.1, 0.15) is 15.9 Å². The van der Waals surface area contributed by atoms with Crippen molar-refractivity contribution in [1.82, 2.24) is 0 Å². The van der Waals surface area contributed by atoms with Gasteiger partial charge in [-0.25, -0.2) is 4.39 Å². The van der Waals surface area contributed by atoms with Crippen molar-refractivity contribution >= 4 is 37.6 Å². The minimum atomic E-state index is -0.432. The van der Waals surface area contributed by atoms with E-state index in [-0.39, 0.29) is 12.2 Å². The van der Waals surface area contributed by atoms with Gasteiger partial charge in [-0.3, -0.25) is 4.79 Å². The second kappa shape index (κ2) is 6.50. The van der Waals surface area contributed by atoms with Crippen LogP contribution in [-0.2, 0) is 6.42 Å². The molecule has 5 heteroatoms. The van der Waals surface area contributed by atoms with Gasteiger partial charge in [0.05, 0.1) is 11.6 Å². The molecule has 2 nitrogen and oxygen atoms in total. The molecular formula is C15H11Br2FO2. The highest BCUT2D eigenvalue weighted by atomic mass is 79.9. The van der Waals surface area contributed by atoms with E-state index < -0.39 is 5.82 Å². The lowest BCUT2D eigenvalue weighted by atomic mass is 10.0. The van der Waals surface area contributed by atoms with E-state index >= 15 is 0 Å². The average Bonchev–Trinajstić information content (AvgIpc) is 2.37. The first-order chi connectivity index (χ1) is 9.49. The summed E-state index contributed by atoms with van der Waals surface area (Å²) >= 11 is 6.55. The van der Waals surface area contributed by atoms with Crippen LogP contribution in [0.3, 0.4) is 0 Å². The Morgan fingerprint density at radius 3 is 2.55 bits per heavy atom. The minimum Gasteiger partial charge on any atom is -0.496 e. The molecule has 0 saturated heterocycles. The van der Waals surface area contributed by atoms with Crippen LogP contribution in [0.5, 0.6) is 5.75 Å². The van der Waals surface area contributed by atoms with Gasteiger partial charge in [-0.1, -0.05) is 22.0 Å². The Balaban J connectivity index is 2.21. The minimum absolute atomic E-state index is 0.137. The maximum Gasteiger partial charge on any atom is 0.167 e. The van der Waals surface area contributed by atoms with Crippen LogP contribution in [0, 0.1) is 5.82 Å². The van der Waals surface area contributed by atoms with Gasteiger partial charge >= 0.3 is 0 Å². The molecule has 0 aliphatic carbocycles. The van der Waals surface area contributed by atoms with Crippen molar-refractivity contribution in [2.75, 3.05) is 7.11 Å². The first kappa shape index (κ1) is 15.2. The fourth-order valence-electron chi connectivity index (χ4n) is 1.82. The topological polar surface area (TPSA) is 26.3 Å². The number of ketones is 1. The summed E-state index contributed by atoms with van der Waals surface area (Å²) in [5.41, 5.74) is 1.19. The summed E-state index contributed by atoms with van der Waals surface area (Å²) in [6.07, 6.45) is 0.207. The van der Waals surface area contributed by atoms with Crippen LogP contribution in [0.15, 0.2) is 45.3 Å². The molecule has 2 aromatic carbocycles. The molecule has 0 radical (unpaired) electrons. The second-order valence-corrected chi connectivity index (χ2v) is 6.00. The highest BCUT2D eigenvalue weighted by Gasteiger charge is 2.11. The van der Waals surface area contributed by atoms with E-state index in [1.165, 1.54) is 12.1 Å². The smallest absolute Gasteiger partial charge is 0.167 e. The van der Waals surface area contributed by atoms with Gasteiger partial charge < -0.3 is 4.74 Å². The molecule has 20 heavy (non-hydrogen) atoms. The van der Waals surface area contributed by atoms with E-state index in [1.54, 1.807) is 19.2 Å². The van der Waals surface area contributed by atoms with Crippen molar-refractivity contribution in [3.05, 3.63) is 62.3 Å². The zero-order valence-electron chi connectivity index (χ0n) is 10.6. The van der Waals surface area contributed by atoms with Crippen LogP contribution in [-0.4, -0.2) is 12.9 Å². The average molecular weight is 402 g/mol. The number of carbonyl (C=O) groups is 1. The molecule has 2 aromatic rings. The van der Waals surface area contributed by atoms with Crippen LogP contribution >= 0.6 is 31.9 Å². The largest absolute Gasteiger partial charge is 0.496 e. The molecule has 0 unspecified atom stereocenters. The summed E-state index contributed by atoms with van der Waals surface area (Å²) < 4.78 is 19.8. The Morgan fingerprint density at radius 1 is 1.20 bits per heavy atom. The van der Waals surface area contributed by atoms with Gasteiger partial charge in [0.25, 0.3) is 0 Å². The van der Waals surface area contributed by atoms with Crippen LogP contribution in [0.25, 0.3) is 0 Å². The Kier molecular flexibility index (Phi) is 4.94. The molecule has 0 heterocycles. The third-order valence-corrected chi connectivity index (χ3v) is 3.84. The normalized spacial score (nSPS) is 10.4. The third-order valence-electron chi connectivity index (χ3n) is 2.77. The van der Waals surface area contributed by atoms with Gasteiger partial charge in [0.2, 0.25) is 0 Å². The first-order valence-electron chi connectivity index (χ1n) is 5.81. The maximum atomic E-state index is 13.3. The molecular weight excluding hydrogens is 391 g/mol. The lowest BCUT2D eigenvalue weighted by Crippen LogP contribution is -2.04. The van der Waals surface area contributed by atoms with E-state index in [2.05, 4.69) is 31.9 Å². The number of halogens is 3. The molecule has 0 fully saturated rings. The summed E-state index contributed by atoms with van der Waals surface area (Å²) in [5, 5.41) is 0. The molecule has 0 saturated carbocycles. The number of hydrogen-bond acceptors (Lipinski definition) is 2. The lowest BCUT2D eigenvalue weighted by Gasteiger charge is -2.06. The Hall–Kier alpha value is -1.20. The number of Topliss-reactive ketones (excluding diaryl/α,β-unsaturated/α-hetero) is 1. The van der Waals surface area contributed by atoms with Crippen LogP contribution in [0.4, 0.5) is 4.39 Å². The third kappa shape index (κ3) is 3.67. The first-order valence-corrected chi connectivity index (χ1v) is 7.40. The summed E-state index contributed by atoms with van der Waals surface area (Å²) in [7, 11) is 1.58. The standard InChI is InChI=1S/C15H11Br2FO2/c1-20-15-3-2-9(4-13(15)17)5-14(19)10-6-11(16)8-12(18)7-10/h2-4,6-8H,5H2,1H3. The van der Waals surface area contributed by atoms with Crippen molar-refractivity contribution in [2.45, 2.75) is 6.42 Å². The number of ether oxygens (including phenoxy) is 1. The monoisotopic (exact) mass is 400 g/mol. The number of carbonyl (C=O) groups excluding carboxylic acids is 1. The van der Waals surface area contributed by atoms with E-state index in [0.29, 0.717) is 15.8 Å². The number of methoxy groups -OCH3 is 1. The molecule has 0 spiro atoms. The van der Waals surface area contributed by atoms with Crippen molar-refractivity contribution < 1.29 is 13.9 Å². The molecule has 0 N–H and O–H groups in total. The predicted octanol–water partition coefficient (Wildman–Crippen LogP) is 4.78. The highest BCUT2D eigenvalue weighted by Crippen LogP contribution is 2.26. The number of hydrogen-bond donors (Lipinski definition) is 0. The summed E-state index contributed by atoms with van der Waals surface area (Å²) in [5.74, 6) is 0.135. The predicted molar refractivity (Wildman–Crippen MR) is 82.8 cm³/mol. The summed E-state index contributed by atoms with van der Waals surface area (Å²) in [4.78, 5) is 12.2. The number of rotatable bonds is 4. The van der Waals surface area contributed by atoms with Gasteiger partial charge in [0.1, 0.15) is 11.6 Å². The van der Waals surface area contributed by atoms with E-state index in [1.807, 2.05) is 12.1 Å². The lowest BCUT2D eigenvalue weighted by molar-refractivity contribution is 0.0992. The fourth-order valence-corrected chi connectivity index (χ4v) is 2.88. The highest BCUT2D eigenvalue weighted by molar-refractivity contribution is 9.10. The molecule has 0 amide bonds. The molecule has 0 atom stereocenters. The van der Waals surface area contributed by atoms with Gasteiger partial charge in [-0.05, 0) is 51.8 Å². The maximum absolute atomic E-state index is 13.3. The van der Waals surface area contributed by atoms with E-state index in [4.69, 9.17) is 4.74 Å². The summed E-state index contributed by atoms with van der Waals surface area (Å²) in [6, 6.07) is 9.60. The molecule has 0 bridgehead atoms. The van der Waals surface area contributed by atoms with Crippen molar-refractivity contribution in [3.63, 3.8) is 0 Å².